The number of anilines is 1. The molecule has 0 bridgehead atoms. The summed E-state index contributed by atoms with van der Waals surface area (Å²) in [6.07, 6.45) is 0.771. The van der Waals surface area contributed by atoms with Crippen molar-refractivity contribution in [2.45, 2.75) is 37.2 Å². The van der Waals surface area contributed by atoms with E-state index < -0.39 is 34.4 Å². The van der Waals surface area contributed by atoms with Crippen LogP contribution in [0, 0.1) is 0 Å². The predicted molar refractivity (Wildman–Crippen MR) is 196 cm³/mol. The van der Waals surface area contributed by atoms with E-state index in [2.05, 4.69) is 5.32 Å². The van der Waals surface area contributed by atoms with Gasteiger partial charge in [-0.3, -0.25) is 13.9 Å². The Morgan fingerprint density at radius 3 is 2.06 bits per heavy atom. The first-order valence-corrected chi connectivity index (χ1v) is 18.1. The van der Waals surface area contributed by atoms with E-state index in [1.165, 1.54) is 62.6 Å². The number of hydrogen-bond acceptors (Lipinski definition) is 7. The minimum atomic E-state index is -4.54. The minimum Gasteiger partial charge on any atom is -0.495 e. The fourth-order valence-corrected chi connectivity index (χ4v) is 7.37. The molecule has 4 aromatic rings. The molecule has 1 atom stereocenters. The third kappa shape index (κ3) is 9.14. The largest absolute Gasteiger partial charge is 0.495 e. The van der Waals surface area contributed by atoms with Gasteiger partial charge in [0.2, 0.25) is 11.8 Å². The third-order valence-corrected chi connectivity index (χ3v) is 10.5. The molecule has 0 saturated heterocycles. The predicted octanol–water partition coefficient (Wildman–Crippen LogP) is 7.03. The molecular weight excluding hydrogens is 725 g/mol. The summed E-state index contributed by atoms with van der Waals surface area (Å²) in [6, 6.07) is 21.5. The van der Waals surface area contributed by atoms with Gasteiger partial charge >= 0.3 is 0 Å². The second-order valence-corrected chi connectivity index (χ2v) is 14.2. The number of hydrogen-bond donors (Lipinski definition) is 1. The molecule has 0 aromatic heterocycles. The summed E-state index contributed by atoms with van der Waals surface area (Å²) in [7, 11) is -0.363. The first-order chi connectivity index (χ1) is 23.9. The van der Waals surface area contributed by atoms with Gasteiger partial charge in [-0.25, -0.2) is 8.42 Å². The average molecular weight is 763 g/mol. The van der Waals surface area contributed by atoms with Crippen LogP contribution in [0.15, 0.2) is 89.8 Å². The maximum atomic E-state index is 14.8. The third-order valence-electron chi connectivity index (χ3n) is 7.84. The summed E-state index contributed by atoms with van der Waals surface area (Å²) in [6.45, 7) is 1.31. The van der Waals surface area contributed by atoms with Gasteiger partial charge in [0.1, 0.15) is 18.3 Å². The van der Waals surface area contributed by atoms with E-state index in [0.29, 0.717) is 24.3 Å². The first-order valence-electron chi connectivity index (χ1n) is 15.6. The van der Waals surface area contributed by atoms with E-state index in [1.807, 2.05) is 37.3 Å². The number of nitrogens with zero attached hydrogens (tertiary/aromatic N) is 2. The quantitative estimate of drug-likeness (QED) is 0.130. The molecule has 14 heteroatoms. The van der Waals surface area contributed by atoms with E-state index >= 15 is 0 Å². The summed E-state index contributed by atoms with van der Waals surface area (Å²) in [4.78, 5) is 29.8. The molecule has 0 aliphatic heterocycles. The van der Waals surface area contributed by atoms with Crippen LogP contribution in [0.5, 0.6) is 17.2 Å². The molecular formula is C36H38Cl3N3O7S. The molecule has 4 aromatic carbocycles. The van der Waals surface area contributed by atoms with E-state index in [9.17, 15) is 18.0 Å². The van der Waals surface area contributed by atoms with E-state index in [1.54, 1.807) is 18.2 Å². The summed E-state index contributed by atoms with van der Waals surface area (Å²) in [5.74, 6) is -0.558. The summed E-state index contributed by atoms with van der Waals surface area (Å²) < 4.78 is 46.3. The Labute approximate surface area is 307 Å². The van der Waals surface area contributed by atoms with Crippen LogP contribution in [-0.4, -0.2) is 65.6 Å². The number of nitrogens with one attached hydrogen (secondary N) is 1. The minimum absolute atomic E-state index is 0.00564. The normalized spacial score (nSPS) is 11.7. The fraction of sp³-hybridized carbons (Fsp3) is 0.278. The topological polar surface area (TPSA) is 114 Å². The van der Waals surface area contributed by atoms with Crippen molar-refractivity contribution in [3.8, 4) is 17.2 Å². The highest BCUT2D eigenvalue weighted by Crippen LogP contribution is 2.37. The van der Waals surface area contributed by atoms with E-state index in [4.69, 9.17) is 49.0 Å². The molecule has 0 spiro atoms. The number of carbonyl (C=O) groups is 2. The Morgan fingerprint density at radius 1 is 0.800 bits per heavy atom. The molecule has 2 amide bonds. The lowest BCUT2D eigenvalue weighted by Gasteiger charge is -2.34. The number of amides is 2. The smallest absolute Gasteiger partial charge is 0.265 e. The van der Waals surface area contributed by atoms with Gasteiger partial charge in [-0.05, 0) is 54.4 Å². The molecule has 50 heavy (non-hydrogen) atoms. The van der Waals surface area contributed by atoms with Crippen LogP contribution < -0.4 is 23.8 Å². The lowest BCUT2D eigenvalue weighted by Crippen LogP contribution is -2.53. The lowest BCUT2D eigenvalue weighted by molar-refractivity contribution is -0.140. The highest BCUT2D eigenvalue weighted by molar-refractivity contribution is 7.92. The molecule has 0 fully saturated rings. The van der Waals surface area contributed by atoms with Gasteiger partial charge in [-0.1, -0.05) is 78.1 Å². The molecule has 0 aliphatic rings. The zero-order valence-corrected chi connectivity index (χ0v) is 31.1. The highest BCUT2D eigenvalue weighted by Gasteiger charge is 2.36. The van der Waals surface area contributed by atoms with Gasteiger partial charge in [0.15, 0.2) is 11.5 Å². The number of ether oxygens (including phenoxy) is 3. The summed E-state index contributed by atoms with van der Waals surface area (Å²) in [5.41, 5.74) is 1.16. The first kappa shape index (κ1) is 38.6. The maximum absolute atomic E-state index is 14.8. The SMILES string of the molecule is CCCNC(=O)C(Cc1ccccc1)N(Cc1c(Cl)cccc1Cl)C(=O)CN(c1cc(Cl)ccc1OC)S(=O)(=O)c1ccc(OC)c(OC)c1. The van der Waals surface area contributed by atoms with Crippen molar-refractivity contribution in [1.82, 2.24) is 10.2 Å². The number of rotatable bonds is 16. The molecule has 0 saturated carbocycles. The molecule has 10 nitrogen and oxygen atoms in total. The fourth-order valence-electron chi connectivity index (χ4n) is 5.25. The second-order valence-electron chi connectivity index (χ2n) is 11.1. The van der Waals surface area contributed by atoms with Crippen LogP contribution in [0.2, 0.25) is 15.1 Å². The van der Waals surface area contributed by atoms with Gasteiger partial charge in [0.05, 0.1) is 31.9 Å². The molecule has 1 unspecified atom stereocenters. The molecule has 1 N–H and O–H groups in total. The molecule has 0 radical (unpaired) electrons. The van der Waals surface area contributed by atoms with Crippen LogP contribution in [0.25, 0.3) is 0 Å². The maximum Gasteiger partial charge on any atom is 0.265 e. The Kier molecular flexibility index (Phi) is 13.7. The van der Waals surface area contributed by atoms with Crippen molar-refractivity contribution in [1.29, 1.82) is 0 Å². The van der Waals surface area contributed by atoms with Crippen LogP contribution in [0.1, 0.15) is 24.5 Å². The number of carbonyl (C=O) groups excluding carboxylic acids is 2. The van der Waals surface area contributed by atoms with Crippen LogP contribution in [0.4, 0.5) is 5.69 Å². The van der Waals surface area contributed by atoms with E-state index in [0.717, 1.165) is 9.87 Å². The van der Waals surface area contributed by atoms with Crippen molar-refractivity contribution in [2.24, 2.45) is 0 Å². The van der Waals surface area contributed by atoms with Crippen molar-refractivity contribution < 1.29 is 32.2 Å². The summed E-state index contributed by atoms with van der Waals surface area (Å²) >= 11 is 19.6. The monoisotopic (exact) mass is 761 g/mol. The van der Waals surface area contributed by atoms with Gasteiger partial charge in [0, 0.05) is 46.2 Å². The van der Waals surface area contributed by atoms with Crippen LogP contribution >= 0.6 is 34.8 Å². The number of sulfonamides is 1. The average Bonchev–Trinajstić information content (AvgIpc) is 3.11. The molecule has 4 rings (SSSR count). The lowest BCUT2D eigenvalue weighted by atomic mass is 10.0. The van der Waals surface area contributed by atoms with Crippen molar-refractivity contribution in [3.63, 3.8) is 0 Å². The van der Waals surface area contributed by atoms with Gasteiger partial charge in [-0.15, -0.1) is 0 Å². The number of halogens is 3. The molecule has 0 aliphatic carbocycles. The molecule has 266 valence electrons. The Balaban J connectivity index is 1.91. The van der Waals surface area contributed by atoms with Gasteiger partial charge in [-0.2, -0.15) is 0 Å². The van der Waals surface area contributed by atoms with Crippen molar-refractivity contribution >= 4 is 62.3 Å². The zero-order valence-electron chi connectivity index (χ0n) is 28.0. The Bertz CT molecular complexity index is 1890. The Morgan fingerprint density at radius 2 is 1.44 bits per heavy atom. The second kappa shape index (κ2) is 17.7. The van der Waals surface area contributed by atoms with E-state index in [-0.39, 0.29) is 50.1 Å². The van der Waals surface area contributed by atoms with Crippen molar-refractivity contribution in [2.75, 3.05) is 38.7 Å². The highest BCUT2D eigenvalue weighted by atomic mass is 35.5. The number of benzene rings is 4. The van der Waals surface area contributed by atoms with Crippen LogP contribution in [-0.2, 0) is 32.6 Å². The standard InChI is InChI=1S/C36H38Cl3N3O7S/c1-5-18-40-36(44)31(19-24-10-7-6-8-11-24)41(22-27-28(38)12-9-13-29(27)39)35(43)23-42(30-20-25(37)14-16-32(30)47-2)50(45,46)26-15-17-33(48-3)34(21-26)49-4/h6-17,20-21,31H,5,18-19,22-23H2,1-4H3,(H,40,44). The van der Waals surface area contributed by atoms with Gasteiger partial charge in [0.25, 0.3) is 10.0 Å². The van der Waals surface area contributed by atoms with Gasteiger partial charge < -0.3 is 24.4 Å². The van der Waals surface area contributed by atoms with Crippen LogP contribution in [0.3, 0.4) is 0 Å². The van der Waals surface area contributed by atoms with Crippen molar-refractivity contribution in [3.05, 3.63) is 111 Å². The molecule has 0 heterocycles. The number of methoxy groups -OCH3 is 3. The Hall–Kier alpha value is -4.16. The zero-order chi connectivity index (χ0) is 36.4. The summed E-state index contributed by atoms with van der Waals surface area (Å²) in [5, 5.41) is 3.64.